The molecular weight excluding hydrogens is 218 g/mol. The van der Waals surface area contributed by atoms with E-state index in [-0.39, 0.29) is 12.3 Å². The van der Waals surface area contributed by atoms with Crippen LogP contribution in [0.3, 0.4) is 0 Å². The molecule has 1 unspecified atom stereocenters. The number of nitrogens with zero attached hydrogens (tertiary/aromatic N) is 2. The largest absolute Gasteiger partial charge is 0.481 e. The van der Waals surface area contributed by atoms with Crippen LogP contribution < -0.4 is 5.73 Å². The molecule has 0 fully saturated rings. The van der Waals surface area contributed by atoms with Crippen LogP contribution in [0.4, 0.5) is 0 Å². The summed E-state index contributed by atoms with van der Waals surface area (Å²) < 4.78 is 1.90. The van der Waals surface area contributed by atoms with Gasteiger partial charge in [-0.3, -0.25) is 4.79 Å². The number of hydrogen-bond acceptors (Lipinski definition) is 3. The van der Waals surface area contributed by atoms with Gasteiger partial charge in [-0.15, -0.1) is 0 Å². The summed E-state index contributed by atoms with van der Waals surface area (Å²) >= 11 is 0. The molecule has 0 spiro atoms. The van der Waals surface area contributed by atoms with Crippen LogP contribution >= 0.6 is 0 Å². The normalized spacial score (nSPS) is 12.8. The molecule has 0 saturated carbocycles. The minimum Gasteiger partial charge on any atom is -0.481 e. The van der Waals surface area contributed by atoms with Gasteiger partial charge in [0.05, 0.1) is 6.42 Å². The van der Waals surface area contributed by atoms with E-state index in [0.717, 1.165) is 16.6 Å². The predicted octanol–water partition coefficient (Wildman–Crippen LogP) is 1.09. The molecule has 1 atom stereocenters. The highest BCUT2D eigenvalue weighted by atomic mass is 16.4. The molecule has 90 valence electrons. The summed E-state index contributed by atoms with van der Waals surface area (Å²) in [4.78, 5) is 15.1. The van der Waals surface area contributed by atoms with Gasteiger partial charge >= 0.3 is 5.97 Å². The number of carbonyl (C=O) groups is 1. The van der Waals surface area contributed by atoms with Crippen molar-refractivity contribution in [2.75, 3.05) is 6.54 Å². The Bertz CT molecular complexity index is 548. The lowest BCUT2D eigenvalue weighted by molar-refractivity contribution is -0.137. The zero-order valence-electron chi connectivity index (χ0n) is 9.63. The first kappa shape index (κ1) is 11.6. The van der Waals surface area contributed by atoms with Crippen LogP contribution in [0.2, 0.25) is 0 Å². The first-order valence-corrected chi connectivity index (χ1v) is 5.45. The first-order valence-electron chi connectivity index (χ1n) is 5.45. The Labute approximate surface area is 98.9 Å². The average Bonchev–Trinajstić information content (AvgIpc) is 2.64. The number of pyridine rings is 1. The van der Waals surface area contributed by atoms with Crippen molar-refractivity contribution >= 4 is 17.0 Å². The fraction of sp³-hybridized carbons (Fsp3) is 0.333. The third kappa shape index (κ3) is 2.14. The summed E-state index contributed by atoms with van der Waals surface area (Å²) in [6, 6.07) is 3.79. The molecule has 0 aliphatic heterocycles. The van der Waals surface area contributed by atoms with Crippen molar-refractivity contribution in [3.05, 3.63) is 30.1 Å². The smallest absolute Gasteiger partial charge is 0.304 e. The lowest BCUT2D eigenvalue weighted by atomic mass is 9.96. The van der Waals surface area contributed by atoms with Crippen molar-refractivity contribution < 1.29 is 9.90 Å². The molecule has 3 N–H and O–H groups in total. The summed E-state index contributed by atoms with van der Waals surface area (Å²) in [6.45, 7) is 0.320. The van der Waals surface area contributed by atoms with Crippen molar-refractivity contribution in [3.8, 4) is 0 Å². The maximum atomic E-state index is 10.8. The zero-order chi connectivity index (χ0) is 12.4. The topological polar surface area (TPSA) is 81.1 Å². The van der Waals surface area contributed by atoms with Gasteiger partial charge in [-0.2, -0.15) is 0 Å². The van der Waals surface area contributed by atoms with Gasteiger partial charge in [0.25, 0.3) is 0 Å². The van der Waals surface area contributed by atoms with Crippen LogP contribution in [0.1, 0.15) is 17.9 Å². The monoisotopic (exact) mass is 233 g/mol. The third-order valence-electron chi connectivity index (χ3n) is 2.91. The van der Waals surface area contributed by atoms with Crippen molar-refractivity contribution in [3.63, 3.8) is 0 Å². The number of nitrogens with two attached hydrogens (primary N) is 1. The number of carboxylic acid groups (broad SMARTS) is 1. The number of aromatic nitrogens is 2. The molecular formula is C12H15N3O2. The molecule has 0 bridgehead atoms. The molecule has 2 aromatic heterocycles. The van der Waals surface area contributed by atoms with Crippen LogP contribution in [-0.4, -0.2) is 27.2 Å². The highest BCUT2D eigenvalue weighted by molar-refractivity contribution is 5.82. The van der Waals surface area contributed by atoms with Crippen LogP contribution in [0, 0.1) is 0 Å². The fourth-order valence-corrected chi connectivity index (χ4v) is 2.10. The van der Waals surface area contributed by atoms with E-state index in [1.165, 1.54) is 0 Å². The molecule has 2 aromatic rings. The van der Waals surface area contributed by atoms with E-state index in [2.05, 4.69) is 4.98 Å². The van der Waals surface area contributed by atoms with Gasteiger partial charge in [-0.25, -0.2) is 4.98 Å². The third-order valence-corrected chi connectivity index (χ3v) is 2.91. The second-order valence-electron chi connectivity index (χ2n) is 4.10. The first-order chi connectivity index (χ1) is 8.13. The van der Waals surface area contributed by atoms with E-state index in [0.29, 0.717) is 6.54 Å². The standard InChI is InChI=1S/C12H15N3O2/c1-15-7-10(8(6-13)5-11(16)17)9-3-2-4-14-12(9)15/h2-4,7-8H,5-6,13H2,1H3,(H,16,17). The summed E-state index contributed by atoms with van der Waals surface area (Å²) in [5.74, 6) is -0.998. The van der Waals surface area contributed by atoms with E-state index in [1.54, 1.807) is 6.20 Å². The minimum absolute atomic E-state index is 0.0461. The molecule has 5 nitrogen and oxygen atoms in total. The Balaban J connectivity index is 2.50. The van der Waals surface area contributed by atoms with Gasteiger partial charge < -0.3 is 15.4 Å². The molecule has 0 amide bonds. The summed E-state index contributed by atoms with van der Waals surface area (Å²) in [5, 5.41) is 9.86. The highest BCUT2D eigenvalue weighted by Gasteiger charge is 2.18. The van der Waals surface area contributed by atoms with Gasteiger partial charge in [0, 0.05) is 30.7 Å². The molecule has 17 heavy (non-hydrogen) atoms. The van der Waals surface area contributed by atoms with Crippen LogP contribution in [0.25, 0.3) is 11.0 Å². The molecule has 0 aliphatic rings. The summed E-state index contributed by atoms with van der Waals surface area (Å²) in [5.41, 5.74) is 7.47. The van der Waals surface area contributed by atoms with Crippen LogP contribution in [0.5, 0.6) is 0 Å². The van der Waals surface area contributed by atoms with Gasteiger partial charge in [0.2, 0.25) is 0 Å². The second kappa shape index (κ2) is 4.55. The maximum absolute atomic E-state index is 10.8. The molecule has 0 saturated heterocycles. The van der Waals surface area contributed by atoms with E-state index in [4.69, 9.17) is 10.8 Å². The zero-order valence-corrected chi connectivity index (χ0v) is 9.63. The number of hydrogen-bond donors (Lipinski definition) is 2. The minimum atomic E-state index is -0.832. The number of aliphatic carboxylic acids is 1. The van der Waals surface area contributed by atoms with Gasteiger partial charge in [0.15, 0.2) is 0 Å². The molecule has 0 aromatic carbocycles. The highest BCUT2D eigenvalue weighted by Crippen LogP contribution is 2.27. The van der Waals surface area contributed by atoms with Crippen molar-refractivity contribution in [2.45, 2.75) is 12.3 Å². The second-order valence-corrected chi connectivity index (χ2v) is 4.10. The van der Waals surface area contributed by atoms with Crippen LogP contribution in [0.15, 0.2) is 24.5 Å². The average molecular weight is 233 g/mol. The Morgan fingerprint density at radius 2 is 2.41 bits per heavy atom. The van der Waals surface area contributed by atoms with E-state index in [9.17, 15) is 4.79 Å². The molecule has 0 radical (unpaired) electrons. The number of fused-ring (bicyclic) bond motifs is 1. The Kier molecular flexibility index (Phi) is 3.10. The van der Waals surface area contributed by atoms with Gasteiger partial charge in [-0.05, 0) is 24.2 Å². The van der Waals surface area contributed by atoms with E-state index >= 15 is 0 Å². The van der Waals surface area contributed by atoms with E-state index < -0.39 is 5.97 Å². The maximum Gasteiger partial charge on any atom is 0.304 e. The van der Waals surface area contributed by atoms with Crippen molar-refractivity contribution in [2.24, 2.45) is 12.8 Å². The lowest BCUT2D eigenvalue weighted by Gasteiger charge is -2.10. The predicted molar refractivity (Wildman–Crippen MR) is 64.8 cm³/mol. The van der Waals surface area contributed by atoms with Gasteiger partial charge in [0.1, 0.15) is 5.65 Å². The van der Waals surface area contributed by atoms with E-state index in [1.807, 2.05) is 29.9 Å². The molecule has 0 aliphatic carbocycles. The molecule has 2 heterocycles. The number of carboxylic acids is 1. The SMILES string of the molecule is Cn1cc(C(CN)CC(=O)O)c2cccnc21. The van der Waals surface area contributed by atoms with Crippen molar-refractivity contribution in [1.29, 1.82) is 0 Å². The quantitative estimate of drug-likeness (QED) is 0.828. The summed E-state index contributed by atoms with van der Waals surface area (Å²) in [7, 11) is 1.90. The lowest BCUT2D eigenvalue weighted by Crippen LogP contribution is -2.16. The molecule has 5 heteroatoms. The number of aryl methyl sites for hydroxylation is 1. The Morgan fingerprint density at radius 3 is 3.06 bits per heavy atom. The number of rotatable bonds is 4. The Hall–Kier alpha value is -1.88. The Morgan fingerprint density at radius 1 is 1.65 bits per heavy atom. The molecule has 2 rings (SSSR count). The van der Waals surface area contributed by atoms with Gasteiger partial charge in [-0.1, -0.05) is 0 Å². The van der Waals surface area contributed by atoms with Crippen molar-refractivity contribution in [1.82, 2.24) is 9.55 Å². The summed E-state index contributed by atoms with van der Waals surface area (Å²) in [6.07, 6.45) is 3.68. The van der Waals surface area contributed by atoms with Crippen LogP contribution in [-0.2, 0) is 11.8 Å². The fourth-order valence-electron chi connectivity index (χ4n) is 2.10.